The summed E-state index contributed by atoms with van der Waals surface area (Å²) in [6.45, 7) is 1.23. The summed E-state index contributed by atoms with van der Waals surface area (Å²) in [6.07, 6.45) is 2.96. The molecule has 0 bridgehead atoms. The van der Waals surface area contributed by atoms with E-state index >= 15 is 0 Å². The molecule has 116 valence electrons. The SMILES string of the molecule is NS(=O)(=O)c1cc(Cl)cc(C(=O)NCCC2CCCO2)c1. The molecule has 0 saturated carbocycles. The largest absolute Gasteiger partial charge is 0.378 e. The molecular weight excluding hydrogens is 316 g/mol. The molecule has 1 unspecified atom stereocenters. The van der Waals surface area contributed by atoms with Gasteiger partial charge in [-0.15, -0.1) is 0 Å². The predicted octanol–water partition coefficient (Wildman–Crippen LogP) is 1.29. The minimum Gasteiger partial charge on any atom is -0.378 e. The smallest absolute Gasteiger partial charge is 0.251 e. The van der Waals surface area contributed by atoms with Crippen molar-refractivity contribution < 1.29 is 17.9 Å². The molecule has 6 nitrogen and oxygen atoms in total. The normalized spacial score (nSPS) is 18.7. The van der Waals surface area contributed by atoms with Crippen LogP contribution in [0.1, 0.15) is 29.6 Å². The van der Waals surface area contributed by atoms with Crippen LogP contribution in [0.2, 0.25) is 5.02 Å². The van der Waals surface area contributed by atoms with Crippen molar-refractivity contribution in [3.63, 3.8) is 0 Å². The number of hydrogen-bond donors (Lipinski definition) is 2. The van der Waals surface area contributed by atoms with Crippen molar-refractivity contribution in [1.29, 1.82) is 0 Å². The molecule has 2 rings (SSSR count). The Bertz CT molecular complexity index is 627. The number of carbonyl (C=O) groups is 1. The molecule has 1 aliphatic rings. The van der Waals surface area contributed by atoms with E-state index in [0.717, 1.165) is 25.9 Å². The van der Waals surface area contributed by atoms with E-state index in [4.69, 9.17) is 21.5 Å². The lowest BCUT2D eigenvalue weighted by atomic mass is 10.1. The van der Waals surface area contributed by atoms with E-state index in [1.165, 1.54) is 18.2 Å². The summed E-state index contributed by atoms with van der Waals surface area (Å²) < 4.78 is 28.1. The summed E-state index contributed by atoms with van der Waals surface area (Å²) >= 11 is 5.82. The highest BCUT2D eigenvalue weighted by Gasteiger charge is 2.17. The van der Waals surface area contributed by atoms with Gasteiger partial charge in [0.05, 0.1) is 11.0 Å². The second kappa shape index (κ2) is 6.74. The van der Waals surface area contributed by atoms with Crippen LogP contribution in [0.15, 0.2) is 23.1 Å². The number of rotatable bonds is 5. The van der Waals surface area contributed by atoms with Crippen molar-refractivity contribution in [3.8, 4) is 0 Å². The number of hydrogen-bond acceptors (Lipinski definition) is 4. The maximum Gasteiger partial charge on any atom is 0.251 e. The molecular formula is C13H17ClN2O4S. The van der Waals surface area contributed by atoms with Gasteiger partial charge in [0.1, 0.15) is 0 Å². The van der Waals surface area contributed by atoms with Crippen molar-refractivity contribution in [2.75, 3.05) is 13.2 Å². The van der Waals surface area contributed by atoms with Gasteiger partial charge in [-0.3, -0.25) is 4.79 Å². The van der Waals surface area contributed by atoms with Crippen LogP contribution in [0.4, 0.5) is 0 Å². The highest BCUT2D eigenvalue weighted by atomic mass is 35.5. The summed E-state index contributed by atoms with van der Waals surface area (Å²) in [6, 6.07) is 3.82. The minimum atomic E-state index is -3.90. The number of benzene rings is 1. The van der Waals surface area contributed by atoms with Gasteiger partial charge in [0.25, 0.3) is 5.91 Å². The Morgan fingerprint density at radius 2 is 2.19 bits per heavy atom. The summed E-state index contributed by atoms with van der Waals surface area (Å²) in [5.41, 5.74) is 0.166. The van der Waals surface area contributed by atoms with E-state index in [0.29, 0.717) is 6.54 Å². The van der Waals surface area contributed by atoms with Crippen LogP contribution in [-0.2, 0) is 14.8 Å². The van der Waals surface area contributed by atoms with Crippen molar-refractivity contribution in [3.05, 3.63) is 28.8 Å². The van der Waals surface area contributed by atoms with Crippen molar-refractivity contribution in [1.82, 2.24) is 5.32 Å². The third-order valence-corrected chi connectivity index (χ3v) is 4.35. The summed E-state index contributed by atoms with van der Waals surface area (Å²) in [5.74, 6) is -0.389. The fourth-order valence-corrected chi connectivity index (χ4v) is 3.06. The first-order valence-corrected chi connectivity index (χ1v) is 8.52. The maximum absolute atomic E-state index is 12.0. The Hall–Kier alpha value is -1.15. The van der Waals surface area contributed by atoms with Gasteiger partial charge in [-0.25, -0.2) is 13.6 Å². The monoisotopic (exact) mass is 332 g/mol. The quantitative estimate of drug-likeness (QED) is 0.848. The highest BCUT2D eigenvalue weighted by molar-refractivity contribution is 7.89. The Kier molecular flexibility index (Phi) is 5.21. The van der Waals surface area contributed by atoms with Gasteiger partial charge in [-0.2, -0.15) is 0 Å². The number of halogens is 1. The van der Waals surface area contributed by atoms with Gasteiger partial charge in [-0.05, 0) is 37.5 Å². The van der Waals surface area contributed by atoms with Crippen LogP contribution < -0.4 is 10.5 Å². The number of nitrogens with two attached hydrogens (primary N) is 1. The molecule has 3 N–H and O–H groups in total. The van der Waals surface area contributed by atoms with Gasteiger partial charge < -0.3 is 10.1 Å². The zero-order valence-corrected chi connectivity index (χ0v) is 12.9. The van der Waals surface area contributed by atoms with Crippen LogP contribution in [0, 0.1) is 0 Å². The number of ether oxygens (including phenoxy) is 1. The molecule has 1 atom stereocenters. The van der Waals surface area contributed by atoms with Gasteiger partial charge in [-0.1, -0.05) is 11.6 Å². The molecule has 1 heterocycles. The molecule has 1 aliphatic heterocycles. The van der Waals surface area contributed by atoms with Crippen LogP contribution in [-0.4, -0.2) is 33.6 Å². The molecule has 1 saturated heterocycles. The molecule has 1 aromatic rings. The molecule has 1 aromatic carbocycles. The van der Waals surface area contributed by atoms with E-state index < -0.39 is 10.0 Å². The minimum absolute atomic E-state index is 0.144. The zero-order valence-electron chi connectivity index (χ0n) is 11.3. The second-order valence-corrected chi connectivity index (χ2v) is 6.90. The lowest BCUT2D eigenvalue weighted by Crippen LogP contribution is -2.27. The third-order valence-electron chi connectivity index (χ3n) is 3.24. The molecule has 0 spiro atoms. The van der Waals surface area contributed by atoms with Crippen LogP contribution in [0.5, 0.6) is 0 Å². The first kappa shape index (κ1) is 16.2. The molecule has 1 fully saturated rings. The van der Waals surface area contributed by atoms with Crippen LogP contribution >= 0.6 is 11.6 Å². The lowest BCUT2D eigenvalue weighted by molar-refractivity contribution is 0.0907. The standard InChI is InChI=1S/C13H17ClN2O4S/c14-10-6-9(7-12(8-10)21(15,18)19)13(17)16-4-3-11-2-1-5-20-11/h6-8,11H,1-5H2,(H,16,17)(H2,15,18,19). The van der Waals surface area contributed by atoms with Crippen molar-refractivity contribution >= 4 is 27.5 Å². The van der Waals surface area contributed by atoms with E-state index in [1.54, 1.807) is 0 Å². The predicted molar refractivity (Wildman–Crippen MR) is 78.7 cm³/mol. The molecule has 1 amide bonds. The zero-order chi connectivity index (χ0) is 15.5. The van der Waals surface area contributed by atoms with Gasteiger partial charge >= 0.3 is 0 Å². The number of carbonyl (C=O) groups excluding carboxylic acids is 1. The van der Waals surface area contributed by atoms with Gasteiger partial charge in [0.2, 0.25) is 10.0 Å². The third kappa shape index (κ3) is 4.67. The van der Waals surface area contributed by atoms with E-state index in [2.05, 4.69) is 5.32 Å². The fraction of sp³-hybridized carbons (Fsp3) is 0.462. The Labute approximate surface area is 128 Å². The average Bonchev–Trinajstić information content (AvgIpc) is 2.90. The number of primary sulfonamides is 1. The first-order chi connectivity index (χ1) is 9.86. The van der Waals surface area contributed by atoms with E-state index in [1.807, 2.05) is 0 Å². The van der Waals surface area contributed by atoms with E-state index in [-0.39, 0.29) is 27.5 Å². The van der Waals surface area contributed by atoms with Crippen molar-refractivity contribution in [2.24, 2.45) is 5.14 Å². The molecule has 8 heteroatoms. The lowest BCUT2D eigenvalue weighted by Gasteiger charge is -2.10. The molecule has 0 aromatic heterocycles. The Morgan fingerprint density at radius 3 is 2.81 bits per heavy atom. The van der Waals surface area contributed by atoms with Crippen LogP contribution in [0.25, 0.3) is 0 Å². The van der Waals surface area contributed by atoms with Gasteiger partial charge in [0.15, 0.2) is 0 Å². The first-order valence-electron chi connectivity index (χ1n) is 6.59. The van der Waals surface area contributed by atoms with E-state index in [9.17, 15) is 13.2 Å². The highest BCUT2D eigenvalue weighted by Crippen LogP contribution is 2.18. The average molecular weight is 333 g/mol. The van der Waals surface area contributed by atoms with Gasteiger partial charge in [0, 0.05) is 23.7 Å². The Balaban J connectivity index is 2.00. The van der Waals surface area contributed by atoms with Crippen molar-refractivity contribution in [2.45, 2.75) is 30.3 Å². The van der Waals surface area contributed by atoms with Crippen LogP contribution in [0.3, 0.4) is 0 Å². The maximum atomic E-state index is 12.0. The summed E-state index contributed by atoms with van der Waals surface area (Å²) in [4.78, 5) is 11.8. The molecule has 0 radical (unpaired) electrons. The summed E-state index contributed by atoms with van der Waals surface area (Å²) in [5, 5.41) is 7.91. The summed E-state index contributed by atoms with van der Waals surface area (Å²) in [7, 11) is -3.90. The fourth-order valence-electron chi connectivity index (χ4n) is 2.18. The number of nitrogens with one attached hydrogen (secondary N) is 1. The number of sulfonamides is 1. The molecule has 21 heavy (non-hydrogen) atoms. The Morgan fingerprint density at radius 1 is 1.43 bits per heavy atom. The number of amides is 1. The molecule has 0 aliphatic carbocycles. The second-order valence-electron chi connectivity index (χ2n) is 4.90. The topological polar surface area (TPSA) is 98.5 Å².